The summed E-state index contributed by atoms with van der Waals surface area (Å²) >= 11 is 5.87. The van der Waals surface area contributed by atoms with Crippen LogP contribution >= 0.6 is 11.6 Å². The Hall–Kier alpha value is -1.95. The van der Waals surface area contributed by atoms with Crippen LogP contribution in [-0.2, 0) is 4.74 Å². The number of hydrazine groups is 1. The summed E-state index contributed by atoms with van der Waals surface area (Å²) in [5.41, 5.74) is 5.92. The standard InChI is InChI=1S/C12H15ClN4O2/c1-2-3-6-19-12(18)17-16-11-9-5-4-8(13)7-10(9)14-15-11/h4-5,7H,2-3,6H2,1H3,(H,17,18)(H2,14,15,16). The zero-order chi connectivity index (χ0) is 13.7. The Labute approximate surface area is 115 Å². The fourth-order valence-corrected chi connectivity index (χ4v) is 1.71. The number of hydrogen-bond acceptors (Lipinski definition) is 4. The minimum atomic E-state index is -0.529. The van der Waals surface area contributed by atoms with E-state index < -0.39 is 6.09 Å². The minimum Gasteiger partial charge on any atom is -0.448 e. The number of aromatic nitrogens is 2. The van der Waals surface area contributed by atoms with Gasteiger partial charge >= 0.3 is 6.09 Å². The Kier molecular flexibility index (Phi) is 4.46. The van der Waals surface area contributed by atoms with Crippen molar-refractivity contribution in [1.29, 1.82) is 0 Å². The molecule has 0 radical (unpaired) electrons. The second-order valence-corrected chi connectivity index (χ2v) is 4.44. The second-order valence-electron chi connectivity index (χ2n) is 4.00. The molecule has 1 aromatic heterocycles. The van der Waals surface area contributed by atoms with Gasteiger partial charge in [0.15, 0.2) is 5.82 Å². The lowest BCUT2D eigenvalue weighted by atomic mass is 10.2. The molecular weight excluding hydrogens is 268 g/mol. The van der Waals surface area contributed by atoms with E-state index in [-0.39, 0.29) is 0 Å². The van der Waals surface area contributed by atoms with Crippen molar-refractivity contribution < 1.29 is 9.53 Å². The van der Waals surface area contributed by atoms with Crippen molar-refractivity contribution in [3.63, 3.8) is 0 Å². The molecule has 0 fully saturated rings. The average molecular weight is 283 g/mol. The fraction of sp³-hybridized carbons (Fsp3) is 0.333. The summed E-state index contributed by atoms with van der Waals surface area (Å²) in [5, 5.41) is 8.31. The first-order chi connectivity index (χ1) is 9.20. The van der Waals surface area contributed by atoms with Crippen molar-refractivity contribution in [3.8, 4) is 0 Å². The third-order valence-corrected chi connectivity index (χ3v) is 2.77. The summed E-state index contributed by atoms with van der Waals surface area (Å²) in [6.07, 6.45) is 1.29. The Morgan fingerprint density at radius 3 is 3.16 bits per heavy atom. The molecule has 0 unspecified atom stereocenters. The monoisotopic (exact) mass is 282 g/mol. The van der Waals surface area contributed by atoms with Crippen LogP contribution < -0.4 is 10.9 Å². The molecule has 2 rings (SSSR count). The maximum Gasteiger partial charge on any atom is 0.425 e. The Bertz CT molecular complexity index is 570. The van der Waals surface area contributed by atoms with Crippen molar-refractivity contribution in [1.82, 2.24) is 15.6 Å². The lowest BCUT2D eigenvalue weighted by molar-refractivity contribution is 0.146. The van der Waals surface area contributed by atoms with Crippen molar-refractivity contribution in [2.75, 3.05) is 12.0 Å². The molecule has 0 aliphatic rings. The molecule has 1 heterocycles. The van der Waals surface area contributed by atoms with Crippen LogP contribution in [0.5, 0.6) is 0 Å². The molecule has 19 heavy (non-hydrogen) atoms. The number of halogens is 1. The summed E-state index contributed by atoms with van der Waals surface area (Å²) in [6.45, 7) is 2.43. The Balaban J connectivity index is 1.93. The molecule has 102 valence electrons. The number of nitrogens with one attached hydrogen (secondary N) is 3. The number of ether oxygens (including phenoxy) is 1. The van der Waals surface area contributed by atoms with Gasteiger partial charge in [0.2, 0.25) is 0 Å². The highest BCUT2D eigenvalue weighted by Gasteiger charge is 2.07. The Morgan fingerprint density at radius 1 is 1.53 bits per heavy atom. The van der Waals surface area contributed by atoms with E-state index in [1.807, 2.05) is 13.0 Å². The first kappa shape index (κ1) is 13.5. The minimum absolute atomic E-state index is 0.404. The summed E-state index contributed by atoms with van der Waals surface area (Å²) in [5.74, 6) is 0.513. The number of carbonyl (C=O) groups excluding carboxylic acids is 1. The van der Waals surface area contributed by atoms with Gasteiger partial charge in [0, 0.05) is 10.4 Å². The van der Waals surface area contributed by atoms with Crippen LogP contribution in [0.2, 0.25) is 5.02 Å². The van der Waals surface area contributed by atoms with Gasteiger partial charge in [-0.25, -0.2) is 10.2 Å². The molecule has 1 amide bonds. The molecule has 0 aliphatic heterocycles. The third-order valence-electron chi connectivity index (χ3n) is 2.54. The van der Waals surface area contributed by atoms with Gasteiger partial charge in [0.1, 0.15) is 0 Å². The molecule has 0 saturated carbocycles. The van der Waals surface area contributed by atoms with E-state index in [0.29, 0.717) is 17.4 Å². The number of fused-ring (bicyclic) bond motifs is 1. The van der Waals surface area contributed by atoms with Crippen molar-refractivity contribution in [2.45, 2.75) is 19.8 Å². The number of rotatable bonds is 5. The first-order valence-electron chi connectivity index (χ1n) is 6.03. The van der Waals surface area contributed by atoms with Gasteiger partial charge in [-0.15, -0.1) is 0 Å². The Morgan fingerprint density at radius 2 is 2.37 bits per heavy atom. The number of amides is 1. The summed E-state index contributed by atoms with van der Waals surface area (Å²) in [7, 11) is 0. The fourth-order valence-electron chi connectivity index (χ4n) is 1.54. The molecule has 0 aliphatic carbocycles. The molecule has 1 aromatic carbocycles. The first-order valence-corrected chi connectivity index (χ1v) is 6.41. The zero-order valence-corrected chi connectivity index (χ0v) is 11.3. The second kappa shape index (κ2) is 6.29. The number of benzene rings is 1. The molecule has 7 heteroatoms. The largest absolute Gasteiger partial charge is 0.448 e. The summed E-state index contributed by atoms with van der Waals surface area (Å²) in [6, 6.07) is 5.33. The topological polar surface area (TPSA) is 79.0 Å². The van der Waals surface area contributed by atoms with Crippen molar-refractivity contribution in [3.05, 3.63) is 23.2 Å². The van der Waals surface area contributed by atoms with Gasteiger partial charge in [-0.05, 0) is 24.6 Å². The molecule has 2 aromatic rings. The zero-order valence-electron chi connectivity index (χ0n) is 10.5. The normalized spacial score (nSPS) is 10.4. The highest BCUT2D eigenvalue weighted by Crippen LogP contribution is 2.22. The number of carbonyl (C=O) groups is 1. The molecule has 0 spiro atoms. The van der Waals surface area contributed by atoms with E-state index in [2.05, 4.69) is 21.0 Å². The van der Waals surface area contributed by atoms with E-state index in [9.17, 15) is 4.79 Å². The van der Waals surface area contributed by atoms with Gasteiger partial charge in [0.25, 0.3) is 0 Å². The highest BCUT2D eigenvalue weighted by atomic mass is 35.5. The van der Waals surface area contributed by atoms with E-state index in [4.69, 9.17) is 16.3 Å². The molecule has 0 saturated heterocycles. The molecule has 0 atom stereocenters. The van der Waals surface area contributed by atoms with E-state index >= 15 is 0 Å². The molecule has 6 nitrogen and oxygen atoms in total. The quantitative estimate of drug-likeness (QED) is 0.582. The number of nitrogens with zero attached hydrogens (tertiary/aromatic N) is 1. The average Bonchev–Trinajstić information content (AvgIpc) is 2.79. The number of aromatic amines is 1. The van der Waals surface area contributed by atoms with Crippen LogP contribution in [0, 0.1) is 0 Å². The molecular formula is C12H15ClN4O2. The van der Waals surface area contributed by atoms with Crippen LogP contribution in [0.3, 0.4) is 0 Å². The van der Waals surface area contributed by atoms with E-state index in [0.717, 1.165) is 23.7 Å². The smallest absolute Gasteiger partial charge is 0.425 e. The highest BCUT2D eigenvalue weighted by molar-refractivity contribution is 6.31. The van der Waals surface area contributed by atoms with Gasteiger partial charge in [-0.2, -0.15) is 5.10 Å². The van der Waals surface area contributed by atoms with Crippen LogP contribution in [0.1, 0.15) is 19.8 Å². The van der Waals surface area contributed by atoms with E-state index in [1.165, 1.54) is 0 Å². The lowest BCUT2D eigenvalue weighted by Crippen LogP contribution is -2.30. The summed E-state index contributed by atoms with van der Waals surface area (Å²) in [4.78, 5) is 11.3. The van der Waals surface area contributed by atoms with Crippen LogP contribution in [0.15, 0.2) is 18.2 Å². The molecule has 3 N–H and O–H groups in total. The number of anilines is 1. The summed E-state index contributed by atoms with van der Waals surface area (Å²) < 4.78 is 4.94. The predicted octanol–water partition coefficient (Wildman–Crippen LogP) is 3.07. The number of H-pyrrole nitrogens is 1. The SMILES string of the molecule is CCCCOC(=O)NNc1n[nH]c2cc(Cl)ccc12. The lowest BCUT2D eigenvalue weighted by Gasteiger charge is -2.07. The van der Waals surface area contributed by atoms with Crippen LogP contribution in [0.4, 0.5) is 10.6 Å². The van der Waals surface area contributed by atoms with Crippen molar-refractivity contribution in [2.24, 2.45) is 0 Å². The maximum atomic E-state index is 11.3. The van der Waals surface area contributed by atoms with Crippen molar-refractivity contribution >= 4 is 34.4 Å². The van der Waals surface area contributed by atoms with Gasteiger partial charge in [0.05, 0.1) is 12.1 Å². The van der Waals surface area contributed by atoms with E-state index in [1.54, 1.807) is 12.1 Å². The third kappa shape index (κ3) is 3.51. The maximum absolute atomic E-state index is 11.3. The number of unbranched alkanes of at least 4 members (excludes halogenated alkanes) is 1. The predicted molar refractivity (Wildman–Crippen MR) is 74.1 cm³/mol. The molecule has 0 bridgehead atoms. The van der Waals surface area contributed by atoms with Gasteiger partial charge in [-0.3, -0.25) is 10.5 Å². The van der Waals surface area contributed by atoms with Crippen LogP contribution in [0.25, 0.3) is 10.9 Å². The number of hydrogen-bond donors (Lipinski definition) is 3. The van der Waals surface area contributed by atoms with Crippen LogP contribution in [-0.4, -0.2) is 22.9 Å². The van der Waals surface area contributed by atoms with Gasteiger partial charge < -0.3 is 4.74 Å². The van der Waals surface area contributed by atoms with Gasteiger partial charge in [-0.1, -0.05) is 24.9 Å².